The molecule has 1 unspecified atom stereocenters. The van der Waals surface area contributed by atoms with Crippen molar-refractivity contribution in [1.29, 1.82) is 0 Å². The molecule has 1 amide bonds. The number of alkyl halides is 1. The largest absolute Gasteiger partial charge is 0.387 e. The molecule has 0 radical (unpaired) electrons. The van der Waals surface area contributed by atoms with Gasteiger partial charge in [0.1, 0.15) is 18.5 Å². The number of ether oxygens (including phenoxy) is 1. The van der Waals surface area contributed by atoms with Crippen molar-refractivity contribution in [3.8, 4) is 0 Å². The fraction of sp³-hybridized carbons (Fsp3) is 0.294. The molecular formula is C17H17FN6O3. The first kappa shape index (κ1) is 17.5. The standard InChI is InChI=1S/C17H17FN6O3/c18-11-13(25)10(6-19)27-17(11)24-8-22-12-14(20-7-21-15(12)24)23-16(26)9-4-2-1-3-5-9/h1-5,7-8,10-11,13,17,25H,6,19H2,(H,20,21,23,26)/t10-,11-,13-,17?/m1/s1. The Morgan fingerprint density at radius 3 is 2.78 bits per heavy atom. The van der Waals surface area contributed by atoms with Crippen molar-refractivity contribution in [1.82, 2.24) is 19.5 Å². The van der Waals surface area contributed by atoms with E-state index in [4.69, 9.17) is 10.5 Å². The van der Waals surface area contributed by atoms with Crippen molar-refractivity contribution in [3.63, 3.8) is 0 Å². The van der Waals surface area contributed by atoms with Crippen molar-refractivity contribution >= 4 is 22.9 Å². The van der Waals surface area contributed by atoms with E-state index >= 15 is 0 Å². The number of anilines is 1. The molecule has 3 heterocycles. The Balaban J connectivity index is 1.65. The van der Waals surface area contributed by atoms with Crippen LogP contribution in [0.15, 0.2) is 43.0 Å². The van der Waals surface area contributed by atoms with Gasteiger partial charge in [-0.05, 0) is 12.1 Å². The fourth-order valence-electron chi connectivity index (χ4n) is 3.02. The number of aromatic nitrogens is 4. The van der Waals surface area contributed by atoms with Gasteiger partial charge in [0, 0.05) is 12.1 Å². The Kier molecular flexibility index (Phi) is 4.52. The molecule has 4 rings (SSSR count). The second-order valence-electron chi connectivity index (χ2n) is 6.10. The van der Waals surface area contributed by atoms with E-state index in [-0.39, 0.29) is 29.4 Å². The van der Waals surface area contributed by atoms with Crippen LogP contribution >= 0.6 is 0 Å². The van der Waals surface area contributed by atoms with Crippen LogP contribution in [0.25, 0.3) is 11.2 Å². The van der Waals surface area contributed by atoms with Crippen LogP contribution < -0.4 is 11.1 Å². The zero-order valence-electron chi connectivity index (χ0n) is 14.1. The number of amides is 1. The summed E-state index contributed by atoms with van der Waals surface area (Å²) in [7, 11) is 0. The highest BCUT2D eigenvalue weighted by Crippen LogP contribution is 2.33. The molecule has 3 aromatic rings. The summed E-state index contributed by atoms with van der Waals surface area (Å²) in [6.07, 6.45) is -2.39. The highest BCUT2D eigenvalue weighted by atomic mass is 19.1. The third-order valence-corrected chi connectivity index (χ3v) is 4.43. The Bertz CT molecular complexity index is 966. The summed E-state index contributed by atoms with van der Waals surface area (Å²) >= 11 is 0. The lowest BCUT2D eigenvalue weighted by Crippen LogP contribution is -2.33. The van der Waals surface area contributed by atoms with Crippen LogP contribution in [0.4, 0.5) is 10.2 Å². The molecule has 27 heavy (non-hydrogen) atoms. The molecule has 1 fully saturated rings. The van der Waals surface area contributed by atoms with Crippen LogP contribution in [-0.4, -0.2) is 55.5 Å². The van der Waals surface area contributed by atoms with Gasteiger partial charge in [-0.3, -0.25) is 9.36 Å². The number of aliphatic hydroxyl groups excluding tert-OH is 1. The molecule has 0 saturated carbocycles. The summed E-state index contributed by atoms with van der Waals surface area (Å²) in [4.78, 5) is 24.7. The van der Waals surface area contributed by atoms with Crippen LogP contribution in [-0.2, 0) is 4.74 Å². The van der Waals surface area contributed by atoms with E-state index in [1.54, 1.807) is 30.3 Å². The molecule has 2 aromatic heterocycles. The first-order chi connectivity index (χ1) is 13.1. The quantitative estimate of drug-likeness (QED) is 0.613. The topological polar surface area (TPSA) is 128 Å². The summed E-state index contributed by atoms with van der Waals surface area (Å²) in [6.45, 7) is -0.0158. The lowest BCUT2D eigenvalue weighted by atomic mass is 10.1. The second-order valence-corrected chi connectivity index (χ2v) is 6.10. The molecule has 1 aliphatic heterocycles. The maximum Gasteiger partial charge on any atom is 0.256 e. The van der Waals surface area contributed by atoms with Gasteiger partial charge in [-0.25, -0.2) is 19.3 Å². The SMILES string of the molecule is NC[C@H]1OC(n2cnc3c(NC(=O)c4ccccc4)ncnc32)[C@H](F)[C@@H]1O. The molecular weight excluding hydrogens is 355 g/mol. The third kappa shape index (κ3) is 3.03. The minimum atomic E-state index is -1.69. The van der Waals surface area contributed by atoms with Gasteiger partial charge < -0.3 is 20.9 Å². The number of rotatable bonds is 4. The number of fused-ring (bicyclic) bond motifs is 1. The molecule has 1 aliphatic rings. The fourth-order valence-corrected chi connectivity index (χ4v) is 3.02. The lowest BCUT2D eigenvalue weighted by Gasteiger charge is -2.15. The second kappa shape index (κ2) is 6.99. The van der Waals surface area contributed by atoms with Crippen molar-refractivity contribution in [2.24, 2.45) is 5.73 Å². The van der Waals surface area contributed by atoms with Gasteiger partial charge >= 0.3 is 0 Å². The monoisotopic (exact) mass is 372 g/mol. The summed E-state index contributed by atoms with van der Waals surface area (Å²) in [6, 6.07) is 8.63. The predicted molar refractivity (Wildman–Crippen MR) is 93.6 cm³/mol. The molecule has 4 atom stereocenters. The number of hydrogen-bond donors (Lipinski definition) is 3. The Hall–Kier alpha value is -2.95. The highest BCUT2D eigenvalue weighted by Gasteiger charge is 2.45. The number of nitrogens with two attached hydrogens (primary N) is 1. The van der Waals surface area contributed by atoms with E-state index in [9.17, 15) is 14.3 Å². The van der Waals surface area contributed by atoms with E-state index in [0.29, 0.717) is 5.56 Å². The summed E-state index contributed by atoms with van der Waals surface area (Å²) in [5.41, 5.74) is 6.51. The van der Waals surface area contributed by atoms with Crippen LogP contribution in [0.1, 0.15) is 16.6 Å². The van der Waals surface area contributed by atoms with E-state index in [2.05, 4.69) is 20.3 Å². The molecule has 1 aromatic carbocycles. The average molecular weight is 372 g/mol. The van der Waals surface area contributed by atoms with E-state index in [0.717, 1.165) is 0 Å². The number of nitrogens with zero attached hydrogens (tertiary/aromatic N) is 4. The molecule has 0 bridgehead atoms. The lowest BCUT2D eigenvalue weighted by molar-refractivity contribution is -0.0180. The third-order valence-electron chi connectivity index (χ3n) is 4.43. The summed E-state index contributed by atoms with van der Waals surface area (Å²) in [5.74, 6) is -0.166. The van der Waals surface area contributed by atoms with E-state index in [1.165, 1.54) is 17.2 Å². The smallest absolute Gasteiger partial charge is 0.256 e. The van der Waals surface area contributed by atoms with Crippen LogP contribution in [0.3, 0.4) is 0 Å². The number of imidazole rings is 1. The normalized spacial score (nSPS) is 25.0. The molecule has 140 valence electrons. The summed E-state index contributed by atoms with van der Waals surface area (Å²) in [5, 5.41) is 12.6. The van der Waals surface area contributed by atoms with Crippen molar-refractivity contribution in [2.45, 2.75) is 24.6 Å². The zero-order valence-corrected chi connectivity index (χ0v) is 14.1. The van der Waals surface area contributed by atoms with Gasteiger partial charge in [0.2, 0.25) is 0 Å². The van der Waals surface area contributed by atoms with E-state index in [1.807, 2.05) is 0 Å². The van der Waals surface area contributed by atoms with E-state index < -0.39 is 24.6 Å². The van der Waals surface area contributed by atoms with Crippen molar-refractivity contribution in [3.05, 3.63) is 48.5 Å². The summed E-state index contributed by atoms with van der Waals surface area (Å²) < 4.78 is 21.3. The first-order valence-electron chi connectivity index (χ1n) is 8.31. The Morgan fingerprint density at radius 1 is 1.30 bits per heavy atom. The number of benzene rings is 1. The number of aliphatic hydroxyl groups is 1. The maximum absolute atomic E-state index is 14.4. The predicted octanol–water partition coefficient (Wildman–Crippen LogP) is 0.634. The number of halogens is 1. The molecule has 0 aliphatic carbocycles. The first-order valence-corrected chi connectivity index (χ1v) is 8.31. The van der Waals surface area contributed by atoms with Crippen molar-refractivity contribution < 1.29 is 19.0 Å². The van der Waals surface area contributed by atoms with Gasteiger partial charge in [-0.15, -0.1) is 0 Å². The van der Waals surface area contributed by atoms with Gasteiger partial charge in [-0.1, -0.05) is 18.2 Å². The molecule has 0 spiro atoms. The number of carbonyl (C=O) groups excluding carboxylic acids is 1. The van der Waals surface area contributed by atoms with Crippen LogP contribution in [0, 0.1) is 0 Å². The maximum atomic E-state index is 14.4. The highest BCUT2D eigenvalue weighted by molar-refractivity contribution is 6.06. The minimum Gasteiger partial charge on any atom is -0.387 e. The zero-order chi connectivity index (χ0) is 19.0. The van der Waals surface area contributed by atoms with Gasteiger partial charge in [0.05, 0.1) is 6.33 Å². The van der Waals surface area contributed by atoms with Gasteiger partial charge in [0.25, 0.3) is 5.91 Å². The molecule has 1 saturated heterocycles. The molecule has 10 heteroatoms. The number of hydrogen-bond acceptors (Lipinski definition) is 7. The van der Waals surface area contributed by atoms with Crippen LogP contribution in [0.5, 0.6) is 0 Å². The number of carbonyl (C=O) groups is 1. The molecule has 4 N–H and O–H groups in total. The Labute approximate surface area is 153 Å². The van der Waals surface area contributed by atoms with Gasteiger partial charge in [-0.2, -0.15) is 0 Å². The minimum absolute atomic E-state index is 0.0158. The average Bonchev–Trinajstić information content (AvgIpc) is 3.25. The number of nitrogens with one attached hydrogen (secondary N) is 1. The van der Waals surface area contributed by atoms with Crippen molar-refractivity contribution in [2.75, 3.05) is 11.9 Å². The Morgan fingerprint density at radius 2 is 2.07 bits per heavy atom. The van der Waals surface area contributed by atoms with Crippen LogP contribution in [0.2, 0.25) is 0 Å². The molecule has 9 nitrogen and oxygen atoms in total. The van der Waals surface area contributed by atoms with Gasteiger partial charge in [0.15, 0.2) is 29.4 Å².